The van der Waals surface area contributed by atoms with Gasteiger partial charge in [-0.3, -0.25) is 24.5 Å². The minimum absolute atomic E-state index is 0.00942. The first-order valence-corrected chi connectivity index (χ1v) is 11.0. The number of nitro benzene ring substituents is 1. The van der Waals surface area contributed by atoms with Gasteiger partial charge in [0.25, 0.3) is 17.5 Å². The molecule has 0 N–H and O–H groups in total. The number of imide groups is 1. The van der Waals surface area contributed by atoms with Crippen LogP contribution in [-0.2, 0) is 33.5 Å². The first-order valence-electron chi connectivity index (χ1n) is 11.0. The zero-order valence-corrected chi connectivity index (χ0v) is 19.9. The van der Waals surface area contributed by atoms with E-state index < -0.39 is 46.4 Å². The van der Waals surface area contributed by atoms with Crippen LogP contribution in [-0.4, -0.2) is 46.8 Å². The summed E-state index contributed by atoms with van der Waals surface area (Å²) in [6.45, 7) is 4.71. The van der Waals surface area contributed by atoms with E-state index >= 15 is 0 Å². The van der Waals surface area contributed by atoms with Gasteiger partial charge in [0.1, 0.15) is 6.10 Å². The Morgan fingerprint density at radius 2 is 1.69 bits per heavy atom. The highest BCUT2D eigenvalue weighted by Gasteiger charge is 2.32. The van der Waals surface area contributed by atoms with Crippen molar-refractivity contribution < 1.29 is 47.9 Å². The highest BCUT2D eigenvalue weighted by molar-refractivity contribution is 6.01. The summed E-state index contributed by atoms with van der Waals surface area (Å²) in [7, 11) is 1.28. The van der Waals surface area contributed by atoms with Crippen LogP contribution in [0.1, 0.15) is 63.5 Å². The van der Waals surface area contributed by atoms with Crippen molar-refractivity contribution in [2.24, 2.45) is 0 Å². The number of hydroxylamine groups is 2. The average molecular weight is 506 g/mol. The number of esters is 2. The van der Waals surface area contributed by atoms with Crippen LogP contribution < -0.4 is 9.47 Å². The number of ether oxygens (including phenoxy) is 3. The summed E-state index contributed by atoms with van der Waals surface area (Å²) in [6, 6.07) is 2.26. The SMILES string of the molecule is C=CC(=O)Oc1cc([N+](=O)[O-])c(C(C)OC(=O)CCCCCC(=O)ON2C(=O)CCC2=O)cc1OC. The van der Waals surface area contributed by atoms with Crippen LogP contribution in [0.25, 0.3) is 0 Å². The number of carbonyl (C=O) groups excluding carboxylic acids is 5. The van der Waals surface area contributed by atoms with E-state index in [0.717, 1.165) is 12.1 Å². The second-order valence-electron chi connectivity index (χ2n) is 7.68. The maximum absolute atomic E-state index is 12.2. The number of nitro groups is 1. The third kappa shape index (κ3) is 7.61. The van der Waals surface area contributed by atoms with Crippen molar-refractivity contribution in [1.29, 1.82) is 0 Å². The molecule has 194 valence electrons. The summed E-state index contributed by atoms with van der Waals surface area (Å²) < 4.78 is 15.4. The molecule has 1 aromatic carbocycles. The van der Waals surface area contributed by atoms with Gasteiger partial charge in [0.05, 0.1) is 23.7 Å². The summed E-state index contributed by atoms with van der Waals surface area (Å²) in [5.41, 5.74) is -0.395. The molecule has 0 spiro atoms. The largest absolute Gasteiger partial charge is 0.493 e. The number of hydrogen-bond donors (Lipinski definition) is 0. The standard InChI is InChI=1S/C23H26N2O11/c1-4-21(28)35-18-13-16(25(31)32)15(12-17(18)33-3)14(2)34-22(29)8-6-5-7-9-23(30)36-24-19(26)10-11-20(24)27/h4,12-14H,1,5-11H2,2-3H3. The zero-order chi connectivity index (χ0) is 26.8. The van der Waals surface area contributed by atoms with Gasteiger partial charge in [-0.1, -0.05) is 13.0 Å². The monoisotopic (exact) mass is 506 g/mol. The maximum Gasteiger partial charge on any atom is 0.335 e. The minimum Gasteiger partial charge on any atom is -0.493 e. The van der Waals surface area contributed by atoms with Gasteiger partial charge in [-0.2, -0.15) is 0 Å². The van der Waals surface area contributed by atoms with Crippen molar-refractivity contribution in [2.45, 2.75) is 58.0 Å². The van der Waals surface area contributed by atoms with Crippen LogP contribution >= 0.6 is 0 Å². The number of rotatable bonds is 13. The van der Waals surface area contributed by atoms with E-state index in [1.165, 1.54) is 20.1 Å². The molecule has 1 heterocycles. The van der Waals surface area contributed by atoms with E-state index in [0.29, 0.717) is 24.3 Å². The van der Waals surface area contributed by atoms with Gasteiger partial charge in [0.15, 0.2) is 11.5 Å². The molecule has 13 nitrogen and oxygen atoms in total. The Balaban J connectivity index is 1.86. The molecule has 1 aromatic rings. The van der Waals surface area contributed by atoms with Gasteiger partial charge in [0.2, 0.25) is 0 Å². The summed E-state index contributed by atoms with van der Waals surface area (Å²) in [6.07, 6.45) is 1.01. The number of unbranched alkanes of at least 4 members (excludes halogenated alkanes) is 2. The Labute approximate surface area is 206 Å². The second-order valence-corrected chi connectivity index (χ2v) is 7.68. The van der Waals surface area contributed by atoms with Crippen molar-refractivity contribution in [1.82, 2.24) is 5.06 Å². The number of hydrogen-bond acceptors (Lipinski definition) is 11. The number of methoxy groups -OCH3 is 1. The lowest BCUT2D eigenvalue weighted by atomic mass is 10.1. The molecule has 1 fully saturated rings. The molecule has 1 unspecified atom stereocenters. The van der Waals surface area contributed by atoms with Crippen LogP contribution in [0.2, 0.25) is 0 Å². The van der Waals surface area contributed by atoms with Crippen molar-refractivity contribution in [3.63, 3.8) is 0 Å². The predicted octanol–water partition coefficient (Wildman–Crippen LogP) is 2.86. The molecule has 13 heteroatoms. The van der Waals surface area contributed by atoms with Crippen LogP contribution in [0.4, 0.5) is 5.69 Å². The minimum atomic E-state index is -1.01. The van der Waals surface area contributed by atoms with Crippen molar-refractivity contribution >= 4 is 35.4 Å². The van der Waals surface area contributed by atoms with Crippen LogP contribution in [0, 0.1) is 10.1 Å². The van der Waals surface area contributed by atoms with Gasteiger partial charge in [-0.15, -0.1) is 5.06 Å². The molecule has 2 amide bonds. The van der Waals surface area contributed by atoms with Crippen molar-refractivity contribution in [2.75, 3.05) is 7.11 Å². The summed E-state index contributed by atoms with van der Waals surface area (Å²) in [5, 5.41) is 12.0. The molecule has 1 aliphatic heterocycles. The molecule has 0 saturated carbocycles. The third-order valence-electron chi connectivity index (χ3n) is 5.09. The number of nitrogens with zero attached hydrogens (tertiary/aromatic N) is 2. The third-order valence-corrected chi connectivity index (χ3v) is 5.09. The van der Waals surface area contributed by atoms with Gasteiger partial charge in [0, 0.05) is 31.8 Å². The lowest BCUT2D eigenvalue weighted by Gasteiger charge is -2.16. The molecule has 2 rings (SSSR count). The van der Waals surface area contributed by atoms with Crippen LogP contribution in [0.15, 0.2) is 24.8 Å². The number of amides is 2. The van der Waals surface area contributed by atoms with Crippen LogP contribution in [0.3, 0.4) is 0 Å². The topological polar surface area (TPSA) is 169 Å². The molecule has 0 aromatic heterocycles. The molecule has 1 aliphatic rings. The maximum atomic E-state index is 12.2. The van der Waals surface area contributed by atoms with Crippen LogP contribution in [0.5, 0.6) is 11.5 Å². The smallest absolute Gasteiger partial charge is 0.335 e. The van der Waals surface area contributed by atoms with E-state index in [9.17, 15) is 34.1 Å². The highest BCUT2D eigenvalue weighted by atomic mass is 16.7. The molecule has 1 saturated heterocycles. The fourth-order valence-corrected chi connectivity index (χ4v) is 3.28. The molecule has 36 heavy (non-hydrogen) atoms. The number of carbonyl (C=O) groups is 5. The first kappa shape index (κ1) is 28.0. The van der Waals surface area contributed by atoms with Gasteiger partial charge < -0.3 is 19.0 Å². The first-order chi connectivity index (χ1) is 17.1. The number of benzene rings is 1. The molecule has 1 atom stereocenters. The Morgan fingerprint density at radius 3 is 2.25 bits per heavy atom. The van der Waals surface area contributed by atoms with E-state index in [-0.39, 0.29) is 42.7 Å². The molecular weight excluding hydrogens is 480 g/mol. The fraction of sp³-hybridized carbons (Fsp3) is 0.435. The van der Waals surface area contributed by atoms with E-state index in [4.69, 9.17) is 19.0 Å². The molecular formula is C23H26N2O11. The fourth-order valence-electron chi connectivity index (χ4n) is 3.28. The molecule has 0 aliphatic carbocycles. The summed E-state index contributed by atoms with van der Waals surface area (Å²) in [4.78, 5) is 74.0. The lowest BCUT2D eigenvalue weighted by Crippen LogP contribution is -2.31. The van der Waals surface area contributed by atoms with Gasteiger partial charge in [-0.05, 0) is 25.8 Å². The van der Waals surface area contributed by atoms with Crippen molar-refractivity contribution in [3.05, 3.63) is 40.5 Å². The quantitative estimate of drug-likeness (QED) is 0.0733. The van der Waals surface area contributed by atoms with E-state index in [1.807, 2.05) is 0 Å². The normalized spacial score (nSPS) is 13.7. The second kappa shape index (κ2) is 13.0. The Kier molecular flexibility index (Phi) is 10.1. The summed E-state index contributed by atoms with van der Waals surface area (Å²) >= 11 is 0. The average Bonchev–Trinajstić information content (AvgIpc) is 3.15. The molecule has 0 radical (unpaired) electrons. The predicted molar refractivity (Wildman–Crippen MR) is 120 cm³/mol. The summed E-state index contributed by atoms with van der Waals surface area (Å²) in [5.74, 6) is -3.45. The Bertz CT molecular complexity index is 1050. The highest BCUT2D eigenvalue weighted by Crippen LogP contribution is 2.38. The van der Waals surface area contributed by atoms with E-state index in [1.54, 1.807) is 0 Å². The Hall–Kier alpha value is -4.29. The lowest BCUT2D eigenvalue weighted by molar-refractivity contribution is -0.386. The van der Waals surface area contributed by atoms with E-state index in [2.05, 4.69) is 6.58 Å². The van der Waals surface area contributed by atoms with Gasteiger partial charge in [-0.25, -0.2) is 9.59 Å². The molecule has 0 bridgehead atoms. The Morgan fingerprint density at radius 1 is 1.08 bits per heavy atom. The van der Waals surface area contributed by atoms with Gasteiger partial charge >= 0.3 is 17.9 Å². The zero-order valence-electron chi connectivity index (χ0n) is 19.9. The van der Waals surface area contributed by atoms with Crippen molar-refractivity contribution in [3.8, 4) is 11.5 Å².